The Kier molecular flexibility index (Phi) is 4.64. The Balaban J connectivity index is 1.72. The van der Waals surface area contributed by atoms with Gasteiger partial charge in [-0.05, 0) is 50.5 Å². The first-order valence-electron chi connectivity index (χ1n) is 7.59. The van der Waals surface area contributed by atoms with Gasteiger partial charge in [-0.1, -0.05) is 13.8 Å². The maximum Gasteiger partial charge on any atom is 0.0967 e. The monoisotopic (exact) mass is 249 g/mol. The van der Waals surface area contributed by atoms with Crippen molar-refractivity contribution in [3.8, 4) is 6.07 Å². The van der Waals surface area contributed by atoms with Gasteiger partial charge in [0.15, 0.2) is 0 Å². The van der Waals surface area contributed by atoms with Crippen LogP contribution >= 0.6 is 0 Å². The van der Waals surface area contributed by atoms with Crippen molar-refractivity contribution < 1.29 is 0 Å². The van der Waals surface area contributed by atoms with Gasteiger partial charge in [0.2, 0.25) is 0 Å². The minimum Gasteiger partial charge on any atom is -0.303 e. The van der Waals surface area contributed by atoms with Gasteiger partial charge in [0.05, 0.1) is 12.1 Å². The number of likely N-dealkylation sites (tertiary alicyclic amines) is 1. The van der Waals surface area contributed by atoms with Gasteiger partial charge in [-0.2, -0.15) is 5.26 Å². The van der Waals surface area contributed by atoms with Crippen molar-refractivity contribution in [2.24, 2.45) is 5.41 Å². The van der Waals surface area contributed by atoms with Gasteiger partial charge in [-0.3, -0.25) is 5.32 Å². The molecule has 0 aromatic rings. The van der Waals surface area contributed by atoms with E-state index in [2.05, 4.69) is 30.1 Å². The maximum absolute atomic E-state index is 9.14. The fraction of sp³-hybridized carbons (Fsp3) is 0.933. The highest BCUT2D eigenvalue weighted by Crippen LogP contribution is 2.36. The molecule has 2 aliphatic rings. The quantitative estimate of drug-likeness (QED) is 0.753. The lowest BCUT2D eigenvalue weighted by molar-refractivity contribution is 0.236. The predicted molar refractivity (Wildman–Crippen MR) is 74.2 cm³/mol. The van der Waals surface area contributed by atoms with Crippen LogP contribution in [0, 0.1) is 16.7 Å². The van der Waals surface area contributed by atoms with E-state index in [1.165, 1.54) is 45.2 Å². The summed E-state index contributed by atoms with van der Waals surface area (Å²) in [7, 11) is 0. The molecule has 3 heteroatoms. The summed E-state index contributed by atoms with van der Waals surface area (Å²) in [6.07, 6.45) is 7.43. The standard InChI is InChI=1S/C15H27N3/c1-3-15(4-2)8-10-18(12-15)9-7-14(11-16)17-13-5-6-13/h13-14,17H,3-10,12H2,1-2H3. The summed E-state index contributed by atoms with van der Waals surface area (Å²) in [4.78, 5) is 2.56. The van der Waals surface area contributed by atoms with Gasteiger partial charge in [0.1, 0.15) is 0 Å². The molecule has 1 heterocycles. The lowest BCUT2D eigenvalue weighted by Gasteiger charge is -2.26. The Hall–Kier alpha value is -0.590. The molecule has 1 atom stereocenters. The van der Waals surface area contributed by atoms with E-state index in [0.29, 0.717) is 11.5 Å². The molecule has 1 aliphatic heterocycles. The highest BCUT2D eigenvalue weighted by atomic mass is 15.2. The SMILES string of the molecule is CCC1(CC)CCN(CCC(C#N)NC2CC2)C1. The molecular weight excluding hydrogens is 222 g/mol. The van der Waals surface area contributed by atoms with E-state index in [4.69, 9.17) is 5.26 Å². The molecule has 1 aliphatic carbocycles. The van der Waals surface area contributed by atoms with Gasteiger partial charge in [-0.15, -0.1) is 0 Å². The Labute approximate surface area is 112 Å². The zero-order chi connectivity index (χ0) is 13.0. The smallest absolute Gasteiger partial charge is 0.0967 e. The molecular formula is C15H27N3. The van der Waals surface area contributed by atoms with Crippen molar-refractivity contribution in [2.75, 3.05) is 19.6 Å². The number of nitrogens with zero attached hydrogens (tertiary/aromatic N) is 2. The van der Waals surface area contributed by atoms with E-state index < -0.39 is 0 Å². The van der Waals surface area contributed by atoms with Crippen LogP contribution < -0.4 is 5.32 Å². The van der Waals surface area contributed by atoms with Gasteiger partial charge in [0.25, 0.3) is 0 Å². The first-order chi connectivity index (χ1) is 8.71. The van der Waals surface area contributed by atoms with Gasteiger partial charge in [0, 0.05) is 19.1 Å². The van der Waals surface area contributed by atoms with Crippen LogP contribution in [0.2, 0.25) is 0 Å². The summed E-state index contributed by atoms with van der Waals surface area (Å²) in [5, 5.41) is 12.6. The topological polar surface area (TPSA) is 39.1 Å². The molecule has 0 aromatic carbocycles. The van der Waals surface area contributed by atoms with Crippen molar-refractivity contribution in [3.63, 3.8) is 0 Å². The summed E-state index contributed by atoms with van der Waals surface area (Å²) in [5.74, 6) is 0. The minimum atomic E-state index is 0.0655. The second kappa shape index (κ2) is 6.04. The Morgan fingerprint density at radius 3 is 2.61 bits per heavy atom. The van der Waals surface area contributed by atoms with Crippen molar-refractivity contribution in [1.82, 2.24) is 10.2 Å². The molecule has 0 amide bonds. The number of hydrogen-bond acceptors (Lipinski definition) is 3. The van der Waals surface area contributed by atoms with E-state index in [-0.39, 0.29) is 6.04 Å². The molecule has 18 heavy (non-hydrogen) atoms. The molecule has 0 radical (unpaired) electrons. The third-order valence-electron chi connectivity index (χ3n) is 4.92. The number of nitriles is 1. The highest BCUT2D eigenvalue weighted by molar-refractivity contribution is 4.97. The molecule has 2 rings (SSSR count). The summed E-state index contributed by atoms with van der Waals surface area (Å²) >= 11 is 0. The lowest BCUT2D eigenvalue weighted by atomic mass is 9.82. The van der Waals surface area contributed by atoms with E-state index in [9.17, 15) is 0 Å². The van der Waals surface area contributed by atoms with Crippen LogP contribution in [0.3, 0.4) is 0 Å². The van der Waals surface area contributed by atoms with Gasteiger partial charge >= 0.3 is 0 Å². The molecule has 0 spiro atoms. The normalized spacial score (nSPS) is 24.9. The van der Waals surface area contributed by atoms with E-state index in [0.717, 1.165) is 13.0 Å². The van der Waals surface area contributed by atoms with E-state index in [1.54, 1.807) is 0 Å². The largest absolute Gasteiger partial charge is 0.303 e. The maximum atomic E-state index is 9.14. The van der Waals surface area contributed by atoms with E-state index in [1.807, 2.05) is 0 Å². The number of hydrogen-bond donors (Lipinski definition) is 1. The molecule has 0 bridgehead atoms. The zero-order valence-corrected chi connectivity index (χ0v) is 11.9. The molecule has 2 fully saturated rings. The second-order valence-corrected chi connectivity index (χ2v) is 6.14. The molecule has 1 unspecified atom stereocenters. The van der Waals surface area contributed by atoms with Crippen LogP contribution in [0.5, 0.6) is 0 Å². The van der Waals surface area contributed by atoms with Crippen LogP contribution in [-0.2, 0) is 0 Å². The molecule has 1 saturated carbocycles. The van der Waals surface area contributed by atoms with Crippen LogP contribution in [0.1, 0.15) is 52.4 Å². The summed E-state index contributed by atoms with van der Waals surface area (Å²) in [5.41, 5.74) is 0.562. The average molecular weight is 249 g/mol. The zero-order valence-electron chi connectivity index (χ0n) is 11.9. The number of nitrogens with one attached hydrogen (secondary N) is 1. The summed E-state index contributed by atoms with van der Waals surface area (Å²) in [6.45, 7) is 8.18. The lowest BCUT2D eigenvalue weighted by Crippen LogP contribution is -2.34. The van der Waals surface area contributed by atoms with Gasteiger partial charge < -0.3 is 4.90 Å². The fourth-order valence-corrected chi connectivity index (χ4v) is 3.08. The first kappa shape index (κ1) is 13.8. The Bertz CT molecular complexity index is 299. The molecule has 1 N–H and O–H groups in total. The molecule has 3 nitrogen and oxygen atoms in total. The van der Waals surface area contributed by atoms with Crippen LogP contribution in [0.15, 0.2) is 0 Å². The Morgan fingerprint density at radius 2 is 2.11 bits per heavy atom. The number of rotatable bonds is 7. The molecule has 0 aromatic heterocycles. The highest BCUT2D eigenvalue weighted by Gasteiger charge is 2.34. The third kappa shape index (κ3) is 3.46. The van der Waals surface area contributed by atoms with Crippen LogP contribution in [0.4, 0.5) is 0 Å². The molecule has 1 saturated heterocycles. The van der Waals surface area contributed by atoms with Gasteiger partial charge in [-0.25, -0.2) is 0 Å². The van der Waals surface area contributed by atoms with E-state index >= 15 is 0 Å². The van der Waals surface area contributed by atoms with Crippen molar-refractivity contribution in [1.29, 1.82) is 5.26 Å². The summed E-state index contributed by atoms with van der Waals surface area (Å²) in [6, 6.07) is 3.11. The summed E-state index contributed by atoms with van der Waals surface area (Å²) < 4.78 is 0. The van der Waals surface area contributed by atoms with Crippen molar-refractivity contribution in [3.05, 3.63) is 0 Å². The second-order valence-electron chi connectivity index (χ2n) is 6.14. The van der Waals surface area contributed by atoms with Crippen LogP contribution in [-0.4, -0.2) is 36.6 Å². The average Bonchev–Trinajstić information content (AvgIpc) is 3.13. The van der Waals surface area contributed by atoms with Crippen LogP contribution in [0.25, 0.3) is 0 Å². The first-order valence-corrected chi connectivity index (χ1v) is 7.59. The van der Waals surface area contributed by atoms with Crippen molar-refractivity contribution >= 4 is 0 Å². The fourth-order valence-electron chi connectivity index (χ4n) is 3.08. The predicted octanol–water partition coefficient (Wildman–Crippen LogP) is 2.53. The minimum absolute atomic E-state index is 0.0655. The third-order valence-corrected chi connectivity index (χ3v) is 4.92. The Morgan fingerprint density at radius 1 is 1.39 bits per heavy atom. The van der Waals surface area contributed by atoms with Crippen molar-refractivity contribution in [2.45, 2.75) is 64.5 Å². The molecule has 102 valence electrons.